The van der Waals surface area contributed by atoms with Gasteiger partial charge in [-0.25, -0.2) is 0 Å². The Hall–Kier alpha value is -3.96. The third kappa shape index (κ3) is 19.0. The Bertz CT molecular complexity index is 1110. The molecule has 0 unspecified atom stereocenters. The molecule has 0 radical (unpaired) electrons. The number of carbonyl (C=O) groups is 4. The normalized spacial score (nSPS) is 9.95. The van der Waals surface area contributed by atoms with Gasteiger partial charge in [-0.2, -0.15) is 0 Å². The zero-order valence-electron chi connectivity index (χ0n) is 26.4. The highest BCUT2D eigenvalue weighted by atomic mass is 16.4. The van der Waals surface area contributed by atoms with E-state index >= 15 is 0 Å². The molecule has 5 N–H and O–H groups in total. The molecule has 0 aromatic heterocycles. The number of aldehydes is 1. The Kier molecular flexibility index (Phi) is 23.6. The van der Waals surface area contributed by atoms with E-state index in [1.165, 1.54) is 13.0 Å². The second kappa shape index (κ2) is 24.6. The summed E-state index contributed by atoms with van der Waals surface area (Å²) >= 11 is 0. The van der Waals surface area contributed by atoms with Gasteiger partial charge in [-0.15, -0.1) is 0 Å². The van der Waals surface area contributed by atoms with Crippen molar-refractivity contribution in [3.8, 4) is 11.5 Å². The van der Waals surface area contributed by atoms with Crippen molar-refractivity contribution in [3.05, 3.63) is 58.7 Å². The minimum Gasteiger partial charge on any atom is -0.508 e. The third-order valence-corrected chi connectivity index (χ3v) is 5.69. The maximum atomic E-state index is 11.5. The zero-order valence-corrected chi connectivity index (χ0v) is 26.4. The van der Waals surface area contributed by atoms with Crippen molar-refractivity contribution in [2.45, 2.75) is 80.3 Å². The van der Waals surface area contributed by atoms with Gasteiger partial charge in [-0.3, -0.25) is 24.2 Å². The SMILES string of the molecule is CC.CC.CC=O.CCCc1ccc(O)c(CN(CCN(CC(=O)O)Cc2cc(CCC(=O)O)ccc2O)CC(=O)O)c1. The van der Waals surface area contributed by atoms with E-state index in [0.29, 0.717) is 16.7 Å². The highest BCUT2D eigenvalue weighted by molar-refractivity contribution is 5.69. The molecular weight excluding hydrogens is 556 g/mol. The van der Waals surface area contributed by atoms with Crippen molar-refractivity contribution < 1.29 is 44.7 Å². The number of hydrogen-bond donors (Lipinski definition) is 5. The van der Waals surface area contributed by atoms with Crippen LogP contribution in [0.25, 0.3) is 0 Å². The minimum absolute atomic E-state index is 0.0375. The Morgan fingerprint density at radius 3 is 1.40 bits per heavy atom. The lowest BCUT2D eigenvalue weighted by molar-refractivity contribution is -0.140. The Morgan fingerprint density at radius 1 is 0.698 bits per heavy atom. The van der Waals surface area contributed by atoms with Crippen LogP contribution in [-0.4, -0.2) is 85.7 Å². The number of aryl methyl sites for hydroxylation is 2. The molecule has 2 rings (SSSR count). The topological polar surface area (TPSA) is 176 Å². The molecule has 0 saturated heterocycles. The lowest BCUT2D eigenvalue weighted by Crippen LogP contribution is -2.39. The molecule has 0 aliphatic rings. The van der Waals surface area contributed by atoms with Gasteiger partial charge in [0, 0.05) is 43.7 Å². The van der Waals surface area contributed by atoms with Crippen LogP contribution in [-0.2, 0) is 45.1 Å². The lowest BCUT2D eigenvalue weighted by atomic mass is 10.0. The quantitative estimate of drug-likeness (QED) is 0.166. The van der Waals surface area contributed by atoms with Crippen LogP contribution in [0.1, 0.15) is 76.6 Å². The van der Waals surface area contributed by atoms with Crippen molar-refractivity contribution in [2.24, 2.45) is 0 Å². The largest absolute Gasteiger partial charge is 0.508 e. The first-order valence-corrected chi connectivity index (χ1v) is 14.6. The van der Waals surface area contributed by atoms with Crippen molar-refractivity contribution >= 4 is 24.2 Å². The maximum absolute atomic E-state index is 11.5. The summed E-state index contributed by atoms with van der Waals surface area (Å²) in [7, 11) is 0. The lowest BCUT2D eigenvalue weighted by Gasteiger charge is -2.26. The average molecular weight is 607 g/mol. The molecule has 0 aliphatic heterocycles. The molecule has 11 nitrogen and oxygen atoms in total. The standard InChI is InChI=1S/C26H34N2O8.C2H4O.2C2H6/c1-2-3-18-4-7-22(29)20(12-18)14-27(16-25(33)34)10-11-28(17-26(35)36)15-21-13-19(5-8-23(21)30)6-9-24(31)32;1-2-3;2*1-2/h4-5,7-8,12-13,29-30H,2-3,6,9-11,14-17H2,1H3,(H,31,32)(H,33,34)(H,35,36);2H,1H3;2*1-2H3. The average Bonchev–Trinajstić information content (AvgIpc) is 2.96. The van der Waals surface area contributed by atoms with Gasteiger partial charge in [0.05, 0.1) is 13.1 Å². The Balaban J connectivity index is 0. The van der Waals surface area contributed by atoms with E-state index < -0.39 is 17.9 Å². The predicted octanol–water partition coefficient (Wildman–Crippen LogP) is 4.80. The van der Waals surface area contributed by atoms with Crippen molar-refractivity contribution in [1.82, 2.24) is 9.80 Å². The summed E-state index contributed by atoms with van der Waals surface area (Å²) in [6.07, 6.45) is 2.71. The molecule has 0 bridgehead atoms. The fourth-order valence-electron chi connectivity index (χ4n) is 3.96. The second-order valence-electron chi connectivity index (χ2n) is 9.01. The summed E-state index contributed by atoms with van der Waals surface area (Å²) in [6.45, 7) is 11.5. The van der Waals surface area contributed by atoms with E-state index in [1.807, 2.05) is 46.8 Å². The van der Waals surface area contributed by atoms with Gasteiger partial charge in [0.15, 0.2) is 0 Å². The first kappa shape index (κ1) is 41.2. The molecule has 0 spiro atoms. The van der Waals surface area contributed by atoms with E-state index in [9.17, 15) is 34.8 Å². The van der Waals surface area contributed by atoms with Crippen LogP contribution in [0.5, 0.6) is 11.5 Å². The van der Waals surface area contributed by atoms with Crippen molar-refractivity contribution in [1.29, 1.82) is 0 Å². The number of rotatable bonds is 16. The number of carboxylic acids is 3. The molecule has 0 amide bonds. The van der Waals surface area contributed by atoms with Crippen LogP contribution in [0.2, 0.25) is 0 Å². The second-order valence-corrected chi connectivity index (χ2v) is 9.01. The molecule has 11 heteroatoms. The number of carbonyl (C=O) groups excluding carboxylic acids is 1. The molecule has 0 heterocycles. The summed E-state index contributed by atoms with van der Waals surface area (Å²) in [5.74, 6) is -3.04. The fraction of sp³-hybridized carbons (Fsp3) is 0.500. The summed E-state index contributed by atoms with van der Waals surface area (Å²) in [6, 6.07) is 10.00. The van der Waals surface area contributed by atoms with Crippen LogP contribution in [0.4, 0.5) is 0 Å². The molecule has 242 valence electrons. The van der Waals surface area contributed by atoms with E-state index in [4.69, 9.17) is 9.90 Å². The molecule has 2 aromatic rings. The van der Waals surface area contributed by atoms with Gasteiger partial charge >= 0.3 is 17.9 Å². The number of nitrogens with zero attached hydrogens (tertiary/aromatic N) is 2. The van der Waals surface area contributed by atoms with E-state index in [2.05, 4.69) is 0 Å². The summed E-state index contributed by atoms with van der Waals surface area (Å²) < 4.78 is 0. The molecule has 2 aromatic carbocycles. The van der Waals surface area contributed by atoms with Gasteiger partial charge < -0.3 is 30.3 Å². The van der Waals surface area contributed by atoms with E-state index in [1.54, 1.807) is 28.0 Å². The minimum atomic E-state index is -1.08. The number of carboxylic acid groups (broad SMARTS) is 3. The van der Waals surface area contributed by atoms with Gasteiger partial charge in [-0.05, 0) is 43.0 Å². The first-order chi connectivity index (χ1) is 20.5. The number of phenolic OH excluding ortho intramolecular Hbond substituents is 2. The van der Waals surface area contributed by atoms with Crippen LogP contribution in [0.3, 0.4) is 0 Å². The number of benzene rings is 2. The molecule has 0 saturated carbocycles. The maximum Gasteiger partial charge on any atom is 0.317 e. The fourth-order valence-corrected chi connectivity index (χ4v) is 3.96. The van der Waals surface area contributed by atoms with Gasteiger partial charge in [0.1, 0.15) is 17.8 Å². The van der Waals surface area contributed by atoms with E-state index in [0.717, 1.165) is 24.7 Å². The monoisotopic (exact) mass is 606 g/mol. The summed E-state index contributed by atoms with van der Waals surface area (Å²) in [5, 5.41) is 48.2. The highest BCUT2D eigenvalue weighted by Gasteiger charge is 2.18. The number of aliphatic carboxylic acids is 3. The molecule has 0 atom stereocenters. The van der Waals surface area contributed by atoms with Crippen LogP contribution in [0.15, 0.2) is 36.4 Å². The Labute approximate surface area is 255 Å². The summed E-state index contributed by atoms with van der Waals surface area (Å²) in [5.41, 5.74) is 2.78. The Morgan fingerprint density at radius 2 is 1.07 bits per heavy atom. The highest BCUT2D eigenvalue weighted by Crippen LogP contribution is 2.23. The molecule has 0 fully saturated rings. The molecular formula is C32H50N2O9. The zero-order chi connectivity index (χ0) is 33.4. The summed E-state index contributed by atoms with van der Waals surface area (Å²) in [4.78, 5) is 45.8. The van der Waals surface area contributed by atoms with Gasteiger partial charge in [-0.1, -0.05) is 65.3 Å². The van der Waals surface area contributed by atoms with Crippen LogP contribution in [0, 0.1) is 0 Å². The van der Waals surface area contributed by atoms with Crippen molar-refractivity contribution in [2.75, 3.05) is 26.2 Å². The molecule has 0 aliphatic carbocycles. The first-order valence-electron chi connectivity index (χ1n) is 14.6. The number of hydrogen-bond acceptors (Lipinski definition) is 8. The number of phenols is 2. The van der Waals surface area contributed by atoms with E-state index in [-0.39, 0.29) is 63.6 Å². The van der Waals surface area contributed by atoms with Crippen molar-refractivity contribution in [3.63, 3.8) is 0 Å². The predicted molar refractivity (Wildman–Crippen MR) is 166 cm³/mol. The third-order valence-electron chi connectivity index (χ3n) is 5.69. The van der Waals surface area contributed by atoms with Gasteiger partial charge in [0.2, 0.25) is 0 Å². The number of aromatic hydroxyl groups is 2. The smallest absolute Gasteiger partial charge is 0.317 e. The van der Waals surface area contributed by atoms with Crippen LogP contribution < -0.4 is 0 Å². The van der Waals surface area contributed by atoms with Gasteiger partial charge in [0.25, 0.3) is 0 Å². The molecule has 43 heavy (non-hydrogen) atoms. The van der Waals surface area contributed by atoms with Crippen LogP contribution >= 0.6 is 0 Å².